The van der Waals surface area contributed by atoms with Gasteiger partial charge in [0.15, 0.2) is 0 Å². The number of esters is 1. The van der Waals surface area contributed by atoms with Crippen LogP contribution in [0.25, 0.3) is 0 Å². The highest BCUT2D eigenvalue weighted by molar-refractivity contribution is 7.11. The first-order valence-corrected chi connectivity index (χ1v) is 4.83. The molecule has 1 heterocycles. The molecule has 0 bridgehead atoms. The Morgan fingerprint density at radius 1 is 1.54 bits per heavy atom. The summed E-state index contributed by atoms with van der Waals surface area (Å²) in [6, 6.07) is 3.80. The van der Waals surface area contributed by atoms with E-state index in [0.717, 1.165) is 9.75 Å². The molecule has 1 N–H and O–H groups in total. The Balaban J connectivity index is 2.41. The summed E-state index contributed by atoms with van der Waals surface area (Å²) < 4.78 is 4.52. The van der Waals surface area contributed by atoms with Gasteiger partial charge in [0.05, 0.1) is 20.1 Å². The van der Waals surface area contributed by atoms with Gasteiger partial charge in [-0.3, -0.25) is 4.79 Å². The molecule has 3 nitrogen and oxygen atoms in total. The van der Waals surface area contributed by atoms with E-state index in [0.29, 0.717) is 12.8 Å². The van der Waals surface area contributed by atoms with Crippen molar-refractivity contribution in [3.05, 3.63) is 21.9 Å². The van der Waals surface area contributed by atoms with E-state index >= 15 is 0 Å². The fourth-order valence-electron chi connectivity index (χ4n) is 0.969. The Bertz CT molecular complexity index is 280. The van der Waals surface area contributed by atoms with Crippen LogP contribution in [0.4, 0.5) is 0 Å². The summed E-state index contributed by atoms with van der Waals surface area (Å²) in [7, 11) is 1.38. The van der Waals surface area contributed by atoms with Crippen molar-refractivity contribution in [3.63, 3.8) is 0 Å². The van der Waals surface area contributed by atoms with Crippen LogP contribution >= 0.6 is 11.3 Å². The molecule has 72 valence electrons. The molecule has 1 aromatic heterocycles. The summed E-state index contributed by atoms with van der Waals surface area (Å²) in [6.07, 6.45) is 1.10. The smallest absolute Gasteiger partial charge is 0.305 e. The molecule has 0 aromatic carbocycles. The molecule has 13 heavy (non-hydrogen) atoms. The molecule has 0 spiro atoms. The number of hydrogen-bond acceptors (Lipinski definition) is 4. The van der Waals surface area contributed by atoms with Crippen LogP contribution in [-0.2, 0) is 22.6 Å². The fourth-order valence-corrected chi connectivity index (χ4v) is 1.85. The molecule has 0 aliphatic heterocycles. The summed E-state index contributed by atoms with van der Waals surface area (Å²) in [5.74, 6) is -0.195. The van der Waals surface area contributed by atoms with E-state index in [4.69, 9.17) is 5.11 Å². The van der Waals surface area contributed by atoms with E-state index < -0.39 is 0 Å². The highest BCUT2D eigenvalue weighted by Gasteiger charge is 2.03. The van der Waals surface area contributed by atoms with Crippen molar-refractivity contribution in [2.24, 2.45) is 0 Å². The zero-order valence-electron chi connectivity index (χ0n) is 7.45. The number of methoxy groups -OCH3 is 1. The Hall–Kier alpha value is -0.870. The minimum atomic E-state index is -0.195. The van der Waals surface area contributed by atoms with Gasteiger partial charge < -0.3 is 9.84 Å². The van der Waals surface area contributed by atoms with E-state index in [1.54, 1.807) is 0 Å². The number of carbonyl (C=O) groups is 1. The van der Waals surface area contributed by atoms with Gasteiger partial charge in [0.2, 0.25) is 0 Å². The average molecular weight is 200 g/mol. The van der Waals surface area contributed by atoms with E-state index in [1.807, 2.05) is 12.1 Å². The molecule has 0 aliphatic carbocycles. The number of aryl methyl sites for hydroxylation is 1. The molecular weight excluding hydrogens is 188 g/mol. The zero-order valence-corrected chi connectivity index (χ0v) is 8.26. The van der Waals surface area contributed by atoms with Crippen LogP contribution in [0.5, 0.6) is 0 Å². The van der Waals surface area contributed by atoms with E-state index in [1.165, 1.54) is 18.4 Å². The van der Waals surface area contributed by atoms with Crippen molar-refractivity contribution < 1.29 is 14.6 Å². The molecule has 0 saturated heterocycles. The minimum Gasteiger partial charge on any atom is -0.469 e. The van der Waals surface area contributed by atoms with Gasteiger partial charge in [0.1, 0.15) is 0 Å². The normalized spacial score (nSPS) is 10.0. The van der Waals surface area contributed by atoms with Crippen LogP contribution < -0.4 is 0 Å². The molecule has 0 saturated carbocycles. The van der Waals surface area contributed by atoms with Crippen molar-refractivity contribution in [2.75, 3.05) is 7.11 Å². The maximum absolute atomic E-state index is 10.8. The Morgan fingerprint density at radius 3 is 2.77 bits per heavy atom. The lowest BCUT2D eigenvalue weighted by Crippen LogP contribution is -2.00. The van der Waals surface area contributed by atoms with Crippen LogP contribution in [0.2, 0.25) is 0 Å². The predicted molar refractivity (Wildman–Crippen MR) is 50.6 cm³/mol. The van der Waals surface area contributed by atoms with Gasteiger partial charge in [0.25, 0.3) is 0 Å². The number of hydrogen-bond donors (Lipinski definition) is 1. The molecule has 0 fully saturated rings. The average Bonchev–Trinajstić information content (AvgIpc) is 2.61. The number of ether oxygens (including phenoxy) is 1. The first kappa shape index (κ1) is 10.2. The maximum Gasteiger partial charge on any atom is 0.305 e. The molecule has 0 aliphatic rings. The second-order valence-corrected chi connectivity index (χ2v) is 3.86. The van der Waals surface area contributed by atoms with Gasteiger partial charge in [0, 0.05) is 9.75 Å². The quantitative estimate of drug-likeness (QED) is 0.746. The summed E-state index contributed by atoms with van der Waals surface area (Å²) in [4.78, 5) is 12.8. The van der Waals surface area contributed by atoms with Gasteiger partial charge in [-0.05, 0) is 18.6 Å². The summed E-state index contributed by atoms with van der Waals surface area (Å²) >= 11 is 1.53. The highest BCUT2D eigenvalue weighted by Crippen LogP contribution is 2.17. The van der Waals surface area contributed by atoms with Gasteiger partial charge in [-0.2, -0.15) is 0 Å². The van der Waals surface area contributed by atoms with Crippen molar-refractivity contribution in [3.8, 4) is 0 Å². The molecule has 4 heteroatoms. The van der Waals surface area contributed by atoms with Crippen LogP contribution in [-0.4, -0.2) is 18.2 Å². The second-order valence-electron chi connectivity index (χ2n) is 2.60. The molecule has 0 unspecified atom stereocenters. The van der Waals surface area contributed by atoms with Gasteiger partial charge in [-0.15, -0.1) is 11.3 Å². The van der Waals surface area contributed by atoms with Gasteiger partial charge in [-0.25, -0.2) is 0 Å². The van der Waals surface area contributed by atoms with Crippen molar-refractivity contribution >= 4 is 17.3 Å². The predicted octanol–water partition coefficient (Wildman–Crippen LogP) is 1.35. The molecule has 1 aromatic rings. The van der Waals surface area contributed by atoms with E-state index in [9.17, 15) is 4.79 Å². The highest BCUT2D eigenvalue weighted by atomic mass is 32.1. The van der Waals surface area contributed by atoms with Crippen molar-refractivity contribution in [1.82, 2.24) is 0 Å². The summed E-state index contributed by atoms with van der Waals surface area (Å²) in [5.41, 5.74) is 0. The molecule has 0 amide bonds. The van der Waals surface area contributed by atoms with Crippen LogP contribution in [0.3, 0.4) is 0 Å². The standard InChI is InChI=1S/C9H12O3S/c1-12-9(11)5-4-7-2-3-8(6-10)13-7/h2-3,10H,4-6H2,1H3. The maximum atomic E-state index is 10.8. The monoisotopic (exact) mass is 200 g/mol. The van der Waals surface area contributed by atoms with Crippen molar-refractivity contribution in [2.45, 2.75) is 19.4 Å². The first-order valence-electron chi connectivity index (χ1n) is 4.01. The lowest BCUT2D eigenvalue weighted by Gasteiger charge is -1.95. The minimum absolute atomic E-state index is 0.0723. The van der Waals surface area contributed by atoms with Gasteiger partial charge >= 0.3 is 5.97 Å². The summed E-state index contributed by atoms with van der Waals surface area (Å²) in [5, 5.41) is 8.79. The van der Waals surface area contributed by atoms with Crippen LogP contribution in [0.1, 0.15) is 16.2 Å². The number of aliphatic hydroxyl groups excluding tert-OH is 1. The molecule has 1 rings (SSSR count). The lowest BCUT2D eigenvalue weighted by molar-refractivity contribution is -0.140. The number of aliphatic hydroxyl groups is 1. The van der Waals surface area contributed by atoms with Crippen LogP contribution in [0, 0.1) is 0 Å². The third-order valence-electron chi connectivity index (χ3n) is 1.68. The second kappa shape index (κ2) is 4.99. The number of thiophene rings is 1. The van der Waals surface area contributed by atoms with Crippen LogP contribution in [0.15, 0.2) is 12.1 Å². The van der Waals surface area contributed by atoms with Gasteiger partial charge in [-0.1, -0.05) is 0 Å². The van der Waals surface area contributed by atoms with Crippen molar-refractivity contribution in [1.29, 1.82) is 0 Å². The topological polar surface area (TPSA) is 46.5 Å². The Morgan fingerprint density at radius 2 is 2.23 bits per heavy atom. The third kappa shape index (κ3) is 3.16. The Labute approximate surface area is 81.0 Å². The lowest BCUT2D eigenvalue weighted by atomic mass is 10.3. The SMILES string of the molecule is COC(=O)CCc1ccc(CO)s1. The molecule has 0 radical (unpaired) electrons. The van der Waals surface area contributed by atoms with E-state index in [-0.39, 0.29) is 12.6 Å². The number of carbonyl (C=O) groups excluding carboxylic acids is 1. The number of rotatable bonds is 4. The third-order valence-corrected chi connectivity index (χ3v) is 2.81. The fraction of sp³-hybridized carbons (Fsp3) is 0.444. The Kier molecular flexibility index (Phi) is 3.92. The molecular formula is C9H12O3S. The first-order chi connectivity index (χ1) is 6.26. The largest absolute Gasteiger partial charge is 0.469 e. The summed E-state index contributed by atoms with van der Waals surface area (Å²) in [6.45, 7) is 0.0723. The van der Waals surface area contributed by atoms with E-state index in [2.05, 4.69) is 4.74 Å². The molecule has 0 atom stereocenters. The zero-order chi connectivity index (χ0) is 9.68.